The van der Waals surface area contributed by atoms with E-state index in [4.69, 9.17) is 18.4 Å². The number of anilines is 1. The molecule has 0 aliphatic heterocycles. The zero-order valence-electron chi connectivity index (χ0n) is 29.6. The number of nitrogens with one attached hydrogen (secondary N) is 1. The minimum Gasteiger partial charge on any atom is -0.372 e. The maximum atomic E-state index is 11.6. The van der Waals surface area contributed by atoms with Gasteiger partial charge >= 0.3 is 0 Å². The number of hydrogen-bond acceptors (Lipinski definition) is 7. The third kappa shape index (κ3) is 8.15. The Hall–Kier alpha value is -3.30. The fraction of sp³-hybridized carbons (Fsp3) is 0.346. The van der Waals surface area contributed by atoms with E-state index in [9.17, 15) is 13.2 Å². The minimum absolute atomic E-state index is 0.150. The second-order valence-corrected chi connectivity index (χ2v) is 9.52. The average Bonchev–Trinajstić information content (AvgIpc) is 2.96. The van der Waals surface area contributed by atoms with Gasteiger partial charge in [0.1, 0.15) is 12.4 Å². The van der Waals surface area contributed by atoms with Crippen molar-refractivity contribution >= 4 is 21.7 Å². The SMILES string of the molecule is [2H]c1c([2H])c([2H])c(-c2ncc(N(CCCCOCC(=O)NS(C)(=O)=O)C(C)C)nc2-c2c([2H])c([2H])c([2H])c([2H])c2[2H])c([2H])c1[2H]. The Labute approximate surface area is 221 Å². The van der Waals surface area contributed by atoms with Gasteiger partial charge in [0, 0.05) is 30.3 Å². The van der Waals surface area contributed by atoms with E-state index >= 15 is 0 Å². The summed E-state index contributed by atoms with van der Waals surface area (Å²) in [4.78, 5) is 22.5. The molecular formula is C26H32N4O4S. The van der Waals surface area contributed by atoms with E-state index in [1.807, 2.05) is 18.7 Å². The van der Waals surface area contributed by atoms with E-state index in [2.05, 4.69) is 9.97 Å². The van der Waals surface area contributed by atoms with E-state index in [-0.39, 0.29) is 41.0 Å². The van der Waals surface area contributed by atoms with E-state index in [1.165, 1.54) is 6.20 Å². The highest BCUT2D eigenvalue weighted by Crippen LogP contribution is 2.30. The highest BCUT2D eigenvalue weighted by molar-refractivity contribution is 7.89. The number of hydrogen-bond donors (Lipinski definition) is 1. The smallest absolute Gasteiger partial charge is 0.259 e. The summed E-state index contributed by atoms with van der Waals surface area (Å²) in [6.45, 7) is 3.81. The molecule has 0 saturated carbocycles. The topological polar surface area (TPSA) is 101 Å². The van der Waals surface area contributed by atoms with Crippen molar-refractivity contribution in [2.45, 2.75) is 32.7 Å². The zero-order valence-corrected chi connectivity index (χ0v) is 20.4. The molecule has 0 atom stereocenters. The first-order chi connectivity index (χ1) is 20.9. The first-order valence-corrected chi connectivity index (χ1v) is 12.6. The van der Waals surface area contributed by atoms with Gasteiger partial charge in [-0.1, -0.05) is 60.4 Å². The van der Waals surface area contributed by atoms with Crippen LogP contribution in [0.4, 0.5) is 5.82 Å². The fourth-order valence-corrected chi connectivity index (χ4v) is 3.61. The minimum atomic E-state index is -3.69. The van der Waals surface area contributed by atoms with Crippen molar-refractivity contribution in [3.8, 4) is 22.5 Å². The van der Waals surface area contributed by atoms with Crippen molar-refractivity contribution in [2.24, 2.45) is 0 Å². The number of rotatable bonds is 12. The summed E-state index contributed by atoms with van der Waals surface area (Å²) in [6.07, 6.45) is 3.16. The lowest BCUT2D eigenvalue weighted by Gasteiger charge is -2.28. The van der Waals surface area contributed by atoms with Gasteiger partial charge in [-0.05, 0) is 26.7 Å². The largest absolute Gasteiger partial charge is 0.372 e. The van der Waals surface area contributed by atoms with Gasteiger partial charge in [-0.15, -0.1) is 0 Å². The second-order valence-electron chi connectivity index (χ2n) is 7.77. The van der Waals surface area contributed by atoms with E-state index in [0.29, 0.717) is 19.4 Å². The molecule has 0 saturated heterocycles. The number of unbranched alkanes of at least 4 members (excludes halogenated alkanes) is 1. The lowest BCUT2D eigenvalue weighted by atomic mass is 10.0. The van der Waals surface area contributed by atoms with Crippen LogP contribution in [0.3, 0.4) is 0 Å². The Morgan fingerprint density at radius 1 is 1.03 bits per heavy atom. The Morgan fingerprint density at radius 2 is 1.63 bits per heavy atom. The molecule has 1 amide bonds. The molecule has 1 N–H and O–H groups in total. The zero-order chi connectivity index (χ0) is 34.0. The van der Waals surface area contributed by atoms with Crippen molar-refractivity contribution in [1.82, 2.24) is 14.7 Å². The number of aromatic nitrogens is 2. The van der Waals surface area contributed by atoms with Gasteiger partial charge in [0.25, 0.3) is 5.91 Å². The molecule has 0 spiro atoms. The van der Waals surface area contributed by atoms with Crippen molar-refractivity contribution < 1.29 is 31.7 Å². The number of nitrogens with zero attached hydrogens (tertiary/aromatic N) is 3. The van der Waals surface area contributed by atoms with Crippen LogP contribution in [-0.2, 0) is 19.6 Å². The molecule has 186 valence electrons. The molecule has 35 heavy (non-hydrogen) atoms. The molecule has 3 rings (SSSR count). The first kappa shape index (κ1) is 15.6. The molecule has 0 unspecified atom stereocenters. The molecule has 0 aliphatic carbocycles. The number of benzene rings is 2. The average molecular weight is 507 g/mol. The molecule has 3 aromatic rings. The van der Waals surface area contributed by atoms with Crippen molar-refractivity contribution in [3.63, 3.8) is 0 Å². The van der Waals surface area contributed by atoms with Crippen LogP contribution in [0.15, 0.2) is 66.6 Å². The van der Waals surface area contributed by atoms with E-state index in [1.54, 1.807) is 4.72 Å². The molecule has 0 aliphatic rings. The number of carbonyl (C=O) groups is 1. The summed E-state index contributed by atoms with van der Waals surface area (Å²) in [6, 6.07) is -6.40. The maximum Gasteiger partial charge on any atom is 0.259 e. The highest BCUT2D eigenvalue weighted by atomic mass is 32.2. The quantitative estimate of drug-likeness (QED) is 0.372. The van der Waals surface area contributed by atoms with E-state index in [0.717, 1.165) is 6.26 Å². The fourth-order valence-electron chi connectivity index (χ4n) is 3.14. The standard InChI is InChI=1S/C26H32N4O4S/c1-20(2)30(16-10-11-17-34-19-24(31)29-35(3,32)33)23-18-27-25(21-12-6-4-7-13-21)26(28-23)22-14-8-5-9-15-22/h4-9,12-15,18,20H,10-11,16-17,19H2,1-3H3,(H,29,31)/i4D,5D,6D,7D,8D,9D,12D,13D,14D,15D. The van der Waals surface area contributed by atoms with Crippen molar-refractivity contribution in [2.75, 3.05) is 30.9 Å². The lowest BCUT2D eigenvalue weighted by molar-refractivity contribution is -0.123. The van der Waals surface area contributed by atoms with Gasteiger partial charge < -0.3 is 9.64 Å². The van der Waals surface area contributed by atoms with Gasteiger partial charge in [-0.2, -0.15) is 0 Å². The number of carbonyl (C=O) groups excluding carboxylic acids is 1. The Morgan fingerprint density at radius 3 is 2.20 bits per heavy atom. The van der Waals surface area contributed by atoms with E-state index < -0.39 is 83.0 Å². The Kier molecular flexibility index (Phi) is 5.55. The van der Waals surface area contributed by atoms with Gasteiger partial charge in [-0.3, -0.25) is 14.5 Å². The molecule has 2 aromatic carbocycles. The van der Waals surface area contributed by atoms with Gasteiger partial charge in [0.05, 0.1) is 37.5 Å². The Balaban J connectivity index is 2.06. The van der Waals surface area contributed by atoms with Gasteiger partial charge in [0.15, 0.2) is 0 Å². The highest BCUT2D eigenvalue weighted by Gasteiger charge is 2.17. The predicted molar refractivity (Wildman–Crippen MR) is 138 cm³/mol. The Bertz CT molecular complexity index is 1680. The second kappa shape index (κ2) is 12.4. The van der Waals surface area contributed by atoms with Crippen LogP contribution in [0.5, 0.6) is 0 Å². The molecule has 9 heteroatoms. The third-order valence-corrected chi connectivity index (χ3v) is 5.22. The summed E-state index contributed by atoms with van der Waals surface area (Å²) in [7, 11) is -3.69. The number of sulfonamides is 1. The van der Waals surface area contributed by atoms with Crippen LogP contribution in [0.1, 0.15) is 40.4 Å². The van der Waals surface area contributed by atoms with Crippen LogP contribution < -0.4 is 9.62 Å². The van der Waals surface area contributed by atoms with Crippen LogP contribution in [-0.4, -0.2) is 56.3 Å². The van der Waals surface area contributed by atoms with Crippen molar-refractivity contribution in [3.05, 3.63) is 66.6 Å². The molecule has 8 nitrogen and oxygen atoms in total. The predicted octanol–water partition coefficient (Wildman–Crippen LogP) is 3.90. The van der Waals surface area contributed by atoms with Gasteiger partial charge in [-0.25, -0.2) is 13.4 Å². The number of ether oxygens (including phenoxy) is 1. The summed E-state index contributed by atoms with van der Waals surface area (Å²) in [5, 5.41) is 0. The third-order valence-electron chi connectivity index (χ3n) is 4.62. The molecule has 1 heterocycles. The van der Waals surface area contributed by atoms with Crippen LogP contribution in [0.25, 0.3) is 22.5 Å². The maximum absolute atomic E-state index is 11.6. The van der Waals surface area contributed by atoms with Crippen LogP contribution in [0.2, 0.25) is 0 Å². The van der Waals surface area contributed by atoms with Crippen LogP contribution in [0, 0.1) is 0 Å². The van der Waals surface area contributed by atoms with Crippen molar-refractivity contribution in [1.29, 1.82) is 0 Å². The number of amides is 1. The molecule has 1 aromatic heterocycles. The summed E-state index contributed by atoms with van der Waals surface area (Å²) >= 11 is 0. The normalized spacial score (nSPS) is 15.4. The lowest BCUT2D eigenvalue weighted by Crippen LogP contribution is -2.33. The molecule has 0 bridgehead atoms. The summed E-state index contributed by atoms with van der Waals surface area (Å²) in [5.74, 6) is -0.563. The molecule has 0 radical (unpaired) electrons. The summed E-state index contributed by atoms with van der Waals surface area (Å²) in [5.41, 5.74) is -1.19. The van der Waals surface area contributed by atoms with Crippen LogP contribution >= 0.6 is 0 Å². The first-order valence-electron chi connectivity index (χ1n) is 15.8. The van der Waals surface area contributed by atoms with Gasteiger partial charge in [0.2, 0.25) is 10.0 Å². The molecule has 0 fully saturated rings. The monoisotopic (exact) mass is 506 g/mol. The summed E-state index contributed by atoms with van der Waals surface area (Å²) < 4.78 is 112. The molecular weight excluding hydrogens is 464 g/mol.